The molecule has 0 spiro atoms. The van der Waals surface area contributed by atoms with E-state index in [9.17, 15) is 19.2 Å². The molecule has 0 bridgehead atoms. The van der Waals surface area contributed by atoms with Crippen molar-refractivity contribution in [1.29, 1.82) is 0 Å². The molecule has 0 aromatic heterocycles. The highest BCUT2D eigenvalue weighted by molar-refractivity contribution is 6.10. The molecule has 3 heterocycles. The van der Waals surface area contributed by atoms with Crippen molar-refractivity contribution in [2.75, 3.05) is 49.5 Å². The van der Waals surface area contributed by atoms with E-state index in [1.54, 1.807) is 34.1 Å². The van der Waals surface area contributed by atoms with Crippen molar-refractivity contribution < 1.29 is 23.9 Å². The van der Waals surface area contributed by atoms with Crippen LogP contribution in [0.1, 0.15) is 25.7 Å². The maximum atomic E-state index is 12.7. The average molecular weight is 414 g/mol. The van der Waals surface area contributed by atoms with Crippen LogP contribution in [-0.2, 0) is 23.9 Å². The van der Waals surface area contributed by atoms with Crippen LogP contribution in [0.4, 0.5) is 11.4 Å². The number of rotatable bonds is 4. The molecule has 1 aromatic rings. The highest BCUT2D eigenvalue weighted by Gasteiger charge is 2.32. The minimum absolute atomic E-state index is 0.0109. The first-order chi connectivity index (χ1) is 14.5. The third kappa shape index (κ3) is 4.30. The fourth-order valence-corrected chi connectivity index (χ4v) is 4.11. The van der Waals surface area contributed by atoms with Gasteiger partial charge < -0.3 is 24.8 Å². The largest absolute Gasteiger partial charge is 0.368 e. The zero-order chi connectivity index (χ0) is 21.1. The van der Waals surface area contributed by atoms with E-state index >= 15 is 0 Å². The summed E-state index contributed by atoms with van der Waals surface area (Å²) in [5.41, 5.74) is 1.25. The number of piperazine rings is 1. The summed E-state index contributed by atoms with van der Waals surface area (Å²) in [5, 5.41) is 2.75. The zero-order valence-corrected chi connectivity index (χ0v) is 16.8. The number of benzene rings is 1. The van der Waals surface area contributed by atoms with Crippen LogP contribution >= 0.6 is 0 Å². The van der Waals surface area contributed by atoms with Crippen molar-refractivity contribution in [2.45, 2.75) is 31.8 Å². The standard InChI is InChI=1S/C21H26N4O5/c26-18-14-25(16-5-2-1-4-15(16)22-18)20(28)8-7-19(27)23-9-11-24(12-10-23)21(29)17-6-3-13-30-17/h1-2,4-5,17H,3,6-14H2,(H,22,26). The third-order valence-corrected chi connectivity index (χ3v) is 5.77. The molecular weight excluding hydrogens is 388 g/mol. The van der Waals surface area contributed by atoms with Crippen molar-refractivity contribution in [3.05, 3.63) is 24.3 Å². The Balaban J connectivity index is 1.27. The van der Waals surface area contributed by atoms with Gasteiger partial charge in [-0.1, -0.05) is 12.1 Å². The number of para-hydroxylation sites is 2. The van der Waals surface area contributed by atoms with Gasteiger partial charge in [0.25, 0.3) is 5.91 Å². The SMILES string of the molecule is O=C1CN(C(=O)CCC(=O)N2CCN(C(=O)C3CCCO3)CC2)c2ccccc2N1. The molecule has 160 valence electrons. The summed E-state index contributed by atoms with van der Waals surface area (Å²) in [7, 11) is 0. The van der Waals surface area contributed by atoms with Gasteiger partial charge in [-0.25, -0.2) is 0 Å². The van der Waals surface area contributed by atoms with E-state index in [1.807, 2.05) is 0 Å². The molecule has 4 rings (SSSR count). The Morgan fingerprint density at radius 1 is 1.00 bits per heavy atom. The Hall–Kier alpha value is -2.94. The molecule has 0 aliphatic carbocycles. The van der Waals surface area contributed by atoms with Crippen LogP contribution in [-0.4, -0.2) is 78.9 Å². The Bertz CT molecular complexity index is 844. The molecule has 3 aliphatic heterocycles. The molecule has 3 aliphatic rings. The number of hydrogen-bond acceptors (Lipinski definition) is 5. The first-order valence-electron chi connectivity index (χ1n) is 10.4. The van der Waals surface area contributed by atoms with E-state index in [0.29, 0.717) is 44.2 Å². The molecule has 2 saturated heterocycles. The molecule has 9 nitrogen and oxygen atoms in total. The Morgan fingerprint density at radius 2 is 1.70 bits per heavy atom. The first-order valence-corrected chi connectivity index (χ1v) is 10.4. The highest BCUT2D eigenvalue weighted by Crippen LogP contribution is 2.29. The van der Waals surface area contributed by atoms with E-state index in [0.717, 1.165) is 12.8 Å². The summed E-state index contributed by atoms with van der Waals surface area (Å²) in [4.78, 5) is 54.4. The fourth-order valence-electron chi connectivity index (χ4n) is 4.11. The molecule has 30 heavy (non-hydrogen) atoms. The molecule has 2 fully saturated rings. The lowest BCUT2D eigenvalue weighted by atomic mass is 10.1. The number of nitrogens with one attached hydrogen (secondary N) is 1. The summed E-state index contributed by atoms with van der Waals surface area (Å²) >= 11 is 0. The zero-order valence-electron chi connectivity index (χ0n) is 16.8. The Labute approximate surface area is 174 Å². The van der Waals surface area contributed by atoms with Gasteiger partial charge in [-0.2, -0.15) is 0 Å². The maximum absolute atomic E-state index is 12.7. The number of carbonyl (C=O) groups excluding carboxylic acids is 4. The number of nitrogens with zero attached hydrogens (tertiary/aromatic N) is 3. The van der Waals surface area contributed by atoms with Crippen molar-refractivity contribution in [3.63, 3.8) is 0 Å². The van der Waals surface area contributed by atoms with Crippen LogP contribution in [0.15, 0.2) is 24.3 Å². The number of anilines is 2. The maximum Gasteiger partial charge on any atom is 0.251 e. The molecule has 1 aromatic carbocycles. The molecule has 0 radical (unpaired) electrons. The van der Waals surface area contributed by atoms with Gasteiger partial charge in [0, 0.05) is 45.6 Å². The van der Waals surface area contributed by atoms with E-state index in [4.69, 9.17) is 4.74 Å². The summed E-state index contributed by atoms with van der Waals surface area (Å²) in [6.45, 7) is 2.47. The van der Waals surface area contributed by atoms with Gasteiger partial charge in [0.15, 0.2) is 0 Å². The lowest BCUT2D eigenvalue weighted by Gasteiger charge is -2.36. The van der Waals surface area contributed by atoms with Crippen LogP contribution < -0.4 is 10.2 Å². The minimum Gasteiger partial charge on any atom is -0.368 e. The molecule has 0 saturated carbocycles. The molecule has 1 unspecified atom stereocenters. The van der Waals surface area contributed by atoms with Crippen molar-refractivity contribution in [2.24, 2.45) is 0 Å². The smallest absolute Gasteiger partial charge is 0.251 e. The number of amides is 4. The van der Waals surface area contributed by atoms with Crippen LogP contribution in [0.2, 0.25) is 0 Å². The number of hydrogen-bond donors (Lipinski definition) is 1. The molecule has 4 amide bonds. The van der Waals surface area contributed by atoms with Crippen molar-refractivity contribution in [1.82, 2.24) is 9.80 Å². The monoisotopic (exact) mass is 414 g/mol. The van der Waals surface area contributed by atoms with Gasteiger partial charge in [-0.3, -0.25) is 19.2 Å². The molecular formula is C21H26N4O5. The number of carbonyl (C=O) groups is 4. The van der Waals surface area contributed by atoms with E-state index in [-0.39, 0.29) is 49.1 Å². The van der Waals surface area contributed by atoms with E-state index in [1.165, 1.54) is 4.90 Å². The van der Waals surface area contributed by atoms with Crippen molar-refractivity contribution in [3.8, 4) is 0 Å². The molecule has 1 N–H and O–H groups in total. The summed E-state index contributed by atoms with van der Waals surface area (Å²) < 4.78 is 5.46. The second kappa shape index (κ2) is 8.83. The normalized spacial score (nSPS) is 21.3. The Morgan fingerprint density at radius 3 is 2.43 bits per heavy atom. The average Bonchev–Trinajstić information content (AvgIpc) is 3.31. The minimum atomic E-state index is -0.338. The third-order valence-electron chi connectivity index (χ3n) is 5.77. The topological polar surface area (TPSA) is 99.3 Å². The Kier molecular flexibility index (Phi) is 5.98. The number of ether oxygens (including phenoxy) is 1. The van der Waals surface area contributed by atoms with Gasteiger partial charge >= 0.3 is 0 Å². The van der Waals surface area contributed by atoms with Crippen LogP contribution in [0.25, 0.3) is 0 Å². The van der Waals surface area contributed by atoms with Gasteiger partial charge in [0.1, 0.15) is 12.6 Å². The fraction of sp³-hybridized carbons (Fsp3) is 0.524. The van der Waals surface area contributed by atoms with Gasteiger partial charge in [-0.05, 0) is 25.0 Å². The second-order valence-electron chi connectivity index (χ2n) is 7.75. The summed E-state index contributed by atoms with van der Waals surface area (Å²) in [5.74, 6) is -0.600. The second-order valence-corrected chi connectivity index (χ2v) is 7.75. The predicted molar refractivity (Wildman–Crippen MR) is 109 cm³/mol. The van der Waals surface area contributed by atoms with Gasteiger partial charge in [0.05, 0.1) is 11.4 Å². The first kappa shape index (κ1) is 20.3. The molecule has 1 atom stereocenters. The predicted octanol–water partition coefficient (Wildman–Crippen LogP) is 0.602. The number of fused-ring (bicyclic) bond motifs is 1. The highest BCUT2D eigenvalue weighted by atomic mass is 16.5. The lowest BCUT2D eigenvalue weighted by molar-refractivity contribution is -0.146. The summed E-state index contributed by atoms with van der Waals surface area (Å²) in [6, 6.07) is 7.12. The van der Waals surface area contributed by atoms with Crippen LogP contribution in [0, 0.1) is 0 Å². The molecule has 9 heteroatoms. The summed E-state index contributed by atoms with van der Waals surface area (Å²) in [6.07, 6.45) is 1.45. The lowest BCUT2D eigenvalue weighted by Crippen LogP contribution is -2.53. The van der Waals surface area contributed by atoms with Gasteiger partial charge in [0.2, 0.25) is 17.7 Å². The van der Waals surface area contributed by atoms with Gasteiger partial charge in [-0.15, -0.1) is 0 Å². The van der Waals surface area contributed by atoms with E-state index < -0.39 is 0 Å². The quantitative estimate of drug-likeness (QED) is 0.778. The van der Waals surface area contributed by atoms with Crippen LogP contribution in [0.5, 0.6) is 0 Å². The van der Waals surface area contributed by atoms with Crippen LogP contribution in [0.3, 0.4) is 0 Å². The van der Waals surface area contributed by atoms with Crippen molar-refractivity contribution >= 4 is 35.0 Å². The van der Waals surface area contributed by atoms with E-state index in [2.05, 4.69) is 5.32 Å².